The van der Waals surface area contributed by atoms with E-state index in [9.17, 15) is 9.18 Å². The zero-order valence-corrected chi connectivity index (χ0v) is 24.8. The van der Waals surface area contributed by atoms with Gasteiger partial charge in [-0.1, -0.05) is 36.8 Å². The Labute approximate surface area is 249 Å². The third-order valence-electron chi connectivity index (χ3n) is 7.42. The largest absolute Gasteiger partial charge is 0.494 e. The second-order valence-corrected chi connectivity index (χ2v) is 10.9. The summed E-state index contributed by atoms with van der Waals surface area (Å²) in [5, 5.41) is 5.85. The molecule has 2 aromatic carbocycles. The number of hydrogen-bond acceptors (Lipinski definition) is 6. The van der Waals surface area contributed by atoms with Gasteiger partial charge in [-0.05, 0) is 86.9 Å². The van der Waals surface area contributed by atoms with Gasteiger partial charge >= 0.3 is 6.03 Å². The third kappa shape index (κ3) is 11.3. The number of pyridine rings is 1. The Balaban J connectivity index is 1.08. The lowest BCUT2D eigenvalue weighted by molar-refractivity contribution is 0.220. The molecule has 0 bridgehead atoms. The van der Waals surface area contributed by atoms with Gasteiger partial charge < -0.3 is 25.2 Å². The topological polar surface area (TPSA) is 73.0 Å². The van der Waals surface area contributed by atoms with Crippen LogP contribution in [0.2, 0.25) is 0 Å². The Hall–Kier alpha value is -3.69. The molecule has 2 heterocycles. The second kappa shape index (κ2) is 17.3. The molecule has 0 aliphatic carbocycles. The first kappa shape index (κ1) is 31.3. The van der Waals surface area contributed by atoms with Crippen LogP contribution in [0.3, 0.4) is 0 Å². The van der Waals surface area contributed by atoms with Crippen LogP contribution in [0.5, 0.6) is 5.75 Å². The van der Waals surface area contributed by atoms with E-state index in [1.165, 1.54) is 50.0 Å². The normalized spacial score (nSPS) is 13.6. The van der Waals surface area contributed by atoms with E-state index < -0.39 is 0 Å². The standard InChI is InChI=1S/C33H45FN6O2/c1-38(22-23-40(32-11-3-4-16-35-32)27-28-12-14-30(34)15-13-28)21-18-37-33(41)36-17-8-24-42-31-10-7-9-29(25-31)26-39-19-5-2-6-20-39/h3-4,7,9-16,25H,2,5-6,8,17-24,26-27H2,1H3,(H2,36,37,41). The number of ether oxygens (including phenoxy) is 1. The molecule has 0 saturated carbocycles. The van der Waals surface area contributed by atoms with Gasteiger partial charge in [-0.15, -0.1) is 0 Å². The van der Waals surface area contributed by atoms with Gasteiger partial charge in [0.2, 0.25) is 0 Å². The smallest absolute Gasteiger partial charge is 0.314 e. The van der Waals surface area contributed by atoms with Crippen molar-refractivity contribution in [3.05, 3.63) is 89.9 Å². The van der Waals surface area contributed by atoms with E-state index in [-0.39, 0.29) is 11.8 Å². The van der Waals surface area contributed by atoms with Crippen LogP contribution in [0.25, 0.3) is 0 Å². The van der Waals surface area contributed by atoms with E-state index in [0.717, 1.165) is 49.7 Å². The van der Waals surface area contributed by atoms with Crippen LogP contribution in [0.1, 0.15) is 36.8 Å². The predicted octanol–water partition coefficient (Wildman–Crippen LogP) is 4.91. The number of carbonyl (C=O) groups is 1. The van der Waals surface area contributed by atoms with Gasteiger partial charge in [-0.3, -0.25) is 4.90 Å². The Bertz CT molecular complexity index is 1190. The van der Waals surface area contributed by atoms with Gasteiger partial charge in [0.05, 0.1) is 6.61 Å². The lowest BCUT2D eigenvalue weighted by Gasteiger charge is -2.27. The van der Waals surface area contributed by atoms with E-state index >= 15 is 0 Å². The molecule has 1 fully saturated rings. The molecule has 226 valence electrons. The summed E-state index contributed by atoms with van der Waals surface area (Å²) in [4.78, 5) is 23.6. The summed E-state index contributed by atoms with van der Waals surface area (Å²) < 4.78 is 19.3. The van der Waals surface area contributed by atoms with Crippen molar-refractivity contribution >= 4 is 11.8 Å². The van der Waals surface area contributed by atoms with Crippen LogP contribution in [-0.2, 0) is 13.1 Å². The van der Waals surface area contributed by atoms with Gasteiger partial charge in [-0.2, -0.15) is 0 Å². The highest BCUT2D eigenvalue weighted by Crippen LogP contribution is 2.18. The highest BCUT2D eigenvalue weighted by atomic mass is 19.1. The van der Waals surface area contributed by atoms with Gasteiger partial charge in [0.1, 0.15) is 17.4 Å². The van der Waals surface area contributed by atoms with Crippen LogP contribution >= 0.6 is 0 Å². The molecule has 42 heavy (non-hydrogen) atoms. The van der Waals surface area contributed by atoms with E-state index in [1.807, 2.05) is 31.3 Å². The number of hydrogen-bond donors (Lipinski definition) is 2. The minimum absolute atomic E-state index is 0.168. The van der Waals surface area contributed by atoms with Gasteiger partial charge in [-0.25, -0.2) is 14.2 Å². The average molecular weight is 577 g/mol. The molecule has 1 aromatic heterocycles. The maximum absolute atomic E-state index is 13.3. The SMILES string of the molecule is CN(CCNC(=O)NCCCOc1cccc(CN2CCCCC2)c1)CCN(Cc1ccc(F)cc1)c1ccccn1. The predicted molar refractivity (Wildman–Crippen MR) is 166 cm³/mol. The van der Waals surface area contributed by atoms with E-state index in [1.54, 1.807) is 18.3 Å². The van der Waals surface area contributed by atoms with Gasteiger partial charge in [0, 0.05) is 52.0 Å². The van der Waals surface area contributed by atoms with Crippen molar-refractivity contribution in [2.24, 2.45) is 0 Å². The molecule has 1 saturated heterocycles. The number of rotatable bonds is 16. The maximum atomic E-state index is 13.3. The van der Waals surface area contributed by atoms with Crippen LogP contribution in [0.4, 0.5) is 15.0 Å². The number of urea groups is 1. The number of carbonyl (C=O) groups excluding carboxylic acids is 1. The molecule has 2 N–H and O–H groups in total. The van der Waals surface area contributed by atoms with Gasteiger partial charge in [0.15, 0.2) is 0 Å². The first-order valence-corrected chi connectivity index (χ1v) is 15.1. The molecule has 0 atom stereocenters. The molecule has 2 amide bonds. The van der Waals surface area contributed by atoms with Crippen molar-refractivity contribution in [1.29, 1.82) is 0 Å². The first-order chi connectivity index (χ1) is 20.5. The molecule has 4 rings (SSSR count). The van der Waals surface area contributed by atoms with Crippen LogP contribution < -0.4 is 20.3 Å². The molecule has 9 heteroatoms. The molecule has 0 radical (unpaired) electrons. The molecule has 0 unspecified atom stereocenters. The number of likely N-dealkylation sites (N-methyl/N-ethyl adjacent to an activating group) is 1. The Kier molecular flexibility index (Phi) is 12.9. The molecular formula is C33H45FN6O2. The monoisotopic (exact) mass is 576 g/mol. The lowest BCUT2D eigenvalue weighted by atomic mass is 10.1. The number of nitrogens with zero attached hydrogens (tertiary/aromatic N) is 4. The molecule has 8 nitrogen and oxygen atoms in total. The molecule has 0 spiro atoms. The number of likely N-dealkylation sites (tertiary alicyclic amines) is 1. The van der Waals surface area contributed by atoms with Crippen LogP contribution in [0.15, 0.2) is 72.9 Å². The summed E-state index contributed by atoms with van der Waals surface area (Å²) in [7, 11) is 2.03. The summed E-state index contributed by atoms with van der Waals surface area (Å²) in [6.07, 6.45) is 6.44. The van der Waals surface area contributed by atoms with Crippen LogP contribution in [0, 0.1) is 5.82 Å². The Morgan fingerprint density at radius 2 is 1.74 bits per heavy atom. The number of aromatic nitrogens is 1. The molecule has 1 aliphatic heterocycles. The Morgan fingerprint density at radius 1 is 0.929 bits per heavy atom. The zero-order chi connectivity index (χ0) is 29.4. The minimum atomic E-state index is -0.239. The lowest BCUT2D eigenvalue weighted by Crippen LogP contribution is -2.41. The van der Waals surface area contributed by atoms with E-state index in [2.05, 4.69) is 48.5 Å². The highest BCUT2D eigenvalue weighted by Gasteiger charge is 2.12. The van der Waals surface area contributed by atoms with Crippen molar-refractivity contribution in [3.8, 4) is 5.75 Å². The number of nitrogens with one attached hydrogen (secondary N) is 2. The summed E-state index contributed by atoms with van der Waals surface area (Å²) in [6.45, 7) is 7.89. The quantitative estimate of drug-likeness (QED) is 0.236. The van der Waals surface area contributed by atoms with E-state index in [4.69, 9.17) is 4.74 Å². The summed E-state index contributed by atoms with van der Waals surface area (Å²) in [5.74, 6) is 1.52. The summed E-state index contributed by atoms with van der Waals surface area (Å²) in [5.41, 5.74) is 2.31. The van der Waals surface area contributed by atoms with E-state index in [0.29, 0.717) is 26.2 Å². The fraction of sp³-hybridized carbons (Fsp3) is 0.455. The summed E-state index contributed by atoms with van der Waals surface area (Å²) >= 11 is 0. The first-order valence-electron chi connectivity index (χ1n) is 15.1. The zero-order valence-electron chi connectivity index (χ0n) is 24.8. The molecular weight excluding hydrogens is 531 g/mol. The number of piperidine rings is 1. The van der Waals surface area contributed by atoms with Crippen molar-refractivity contribution in [1.82, 2.24) is 25.4 Å². The van der Waals surface area contributed by atoms with Crippen molar-refractivity contribution in [3.63, 3.8) is 0 Å². The van der Waals surface area contributed by atoms with Gasteiger partial charge in [0.25, 0.3) is 0 Å². The number of halogens is 1. The molecule has 1 aliphatic rings. The fourth-order valence-electron chi connectivity index (χ4n) is 5.03. The van der Waals surface area contributed by atoms with Crippen molar-refractivity contribution < 1.29 is 13.9 Å². The van der Waals surface area contributed by atoms with Crippen molar-refractivity contribution in [2.75, 3.05) is 64.4 Å². The number of benzene rings is 2. The van der Waals surface area contributed by atoms with Crippen molar-refractivity contribution in [2.45, 2.75) is 38.8 Å². The molecule has 3 aromatic rings. The maximum Gasteiger partial charge on any atom is 0.314 e. The number of amides is 2. The second-order valence-electron chi connectivity index (χ2n) is 10.9. The highest BCUT2D eigenvalue weighted by molar-refractivity contribution is 5.73. The fourth-order valence-corrected chi connectivity index (χ4v) is 5.03. The Morgan fingerprint density at radius 3 is 2.52 bits per heavy atom. The average Bonchev–Trinajstić information content (AvgIpc) is 3.01. The minimum Gasteiger partial charge on any atom is -0.494 e. The third-order valence-corrected chi connectivity index (χ3v) is 7.42. The number of anilines is 1. The summed E-state index contributed by atoms with van der Waals surface area (Å²) in [6, 6.07) is 20.6. The van der Waals surface area contributed by atoms with Crippen LogP contribution in [-0.4, -0.2) is 80.3 Å².